The summed E-state index contributed by atoms with van der Waals surface area (Å²) in [5.74, 6) is -0.0760. The molecule has 7 nitrogen and oxygen atoms in total. The third-order valence-corrected chi connectivity index (χ3v) is 5.53. The van der Waals surface area contributed by atoms with E-state index in [1.165, 1.54) is 22.7 Å². The van der Waals surface area contributed by atoms with Gasteiger partial charge in [-0.2, -0.15) is 5.10 Å². The molecule has 2 heterocycles. The Morgan fingerprint density at radius 3 is 2.59 bits per heavy atom. The number of nitrogens with zero attached hydrogens (tertiary/aromatic N) is 4. The summed E-state index contributed by atoms with van der Waals surface area (Å²) in [5, 5.41) is 7.79. The number of aryl methyl sites for hydroxylation is 3. The van der Waals surface area contributed by atoms with Crippen LogP contribution in [0.2, 0.25) is 0 Å². The van der Waals surface area contributed by atoms with Gasteiger partial charge in [-0.15, -0.1) is 0 Å². The lowest BCUT2D eigenvalue weighted by molar-refractivity contribution is -0.121. The number of carbonyl (C=O) groups is 1. The summed E-state index contributed by atoms with van der Waals surface area (Å²) in [4.78, 5) is 29.7. The van der Waals surface area contributed by atoms with E-state index in [1.807, 2.05) is 56.3 Å². The monoisotopic (exact) mass is 429 g/mol. The van der Waals surface area contributed by atoms with Gasteiger partial charge < -0.3 is 5.32 Å². The van der Waals surface area contributed by atoms with E-state index in [2.05, 4.69) is 27.5 Å². The minimum atomic E-state index is -0.196. The van der Waals surface area contributed by atoms with E-state index in [4.69, 9.17) is 0 Å². The molecule has 4 rings (SSSR count). The second-order valence-electron chi connectivity index (χ2n) is 8.12. The van der Waals surface area contributed by atoms with Gasteiger partial charge in [-0.3, -0.25) is 14.2 Å². The second-order valence-corrected chi connectivity index (χ2v) is 8.12. The highest BCUT2D eigenvalue weighted by Gasteiger charge is 2.13. The van der Waals surface area contributed by atoms with Gasteiger partial charge in [0.05, 0.1) is 18.2 Å². The number of aromatic nitrogens is 4. The molecule has 0 saturated heterocycles. The van der Waals surface area contributed by atoms with Gasteiger partial charge in [0.25, 0.3) is 5.56 Å². The Kier molecular flexibility index (Phi) is 6.44. The molecule has 2 aromatic heterocycles. The maximum absolute atomic E-state index is 12.9. The number of hydrogen-bond donors (Lipinski definition) is 1. The molecule has 32 heavy (non-hydrogen) atoms. The zero-order valence-corrected chi connectivity index (χ0v) is 18.4. The van der Waals surface area contributed by atoms with Gasteiger partial charge in [-0.1, -0.05) is 48.0 Å². The molecule has 1 unspecified atom stereocenters. The molecule has 7 heteroatoms. The van der Waals surface area contributed by atoms with Gasteiger partial charge in [-0.05, 0) is 44.4 Å². The Hall–Kier alpha value is -3.74. The lowest BCUT2D eigenvalue weighted by Gasteiger charge is -2.14. The van der Waals surface area contributed by atoms with Crippen molar-refractivity contribution >= 4 is 16.9 Å². The van der Waals surface area contributed by atoms with Crippen molar-refractivity contribution in [2.45, 2.75) is 45.7 Å². The maximum atomic E-state index is 12.9. The maximum Gasteiger partial charge on any atom is 0.264 e. The molecule has 0 radical (unpaired) electrons. The Morgan fingerprint density at radius 2 is 1.84 bits per heavy atom. The van der Waals surface area contributed by atoms with Gasteiger partial charge in [0.15, 0.2) is 5.65 Å². The summed E-state index contributed by atoms with van der Waals surface area (Å²) < 4.78 is 3.12. The first-order chi connectivity index (χ1) is 15.5. The first-order valence-electron chi connectivity index (χ1n) is 10.8. The molecule has 0 saturated carbocycles. The highest BCUT2D eigenvalue weighted by Crippen LogP contribution is 2.14. The molecule has 0 bridgehead atoms. The summed E-state index contributed by atoms with van der Waals surface area (Å²) >= 11 is 0. The van der Waals surface area contributed by atoms with Crippen LogP contribution < -0.4 is 10.9 Å². The van der Waals surface area contributed by atoms with Gasteiger partial charge in [0.2, 0.25) is 5.91 Å². The van der Waals surface area contributed by atoms with Crippen LogP contribution in [-0.4, -0.2) is 31.3 Å². The summed E-state index contributed by atoms with van der Waals surface area (Å²) in [6, 6.07) is 18.1. The summed E-state index contributed by atoms with van der Waals surface area (Å²) in [7, 11) is 0. The van der Waals surface area contributed by atoms with E-state index in [-0.39, 0.29) is 30.5 Å². The Morgan fingerprint density at radius 1 is 1.09 bits per heavy atom. The van der Waals surface area contributed by atoms with E-state index < -0.39 is 0 Å². The number of benzene rings is 2. The normalized spacial score (nSPS) is 12.1. The van der Waals surface area contributed by atoms with Gasteiger partial charge in [0, 0.05) is 19.0 Å². The van der Waals surface area contributed by atoms with Crippen molar-refractivity contribution in [1.29, 1.82) is 0 Å². The standard InChI is InChI=1S/C25H27N5O2/c1-18-8-12-21(13-9-18)30-24-22(16-27-30)25(32)29(17-26-24)15-14-23(31)28-19(2)10-11-20-6-4-3-5-7-20/h3-9,12-13,16-17,19H,10-11,14-15H2,1-2H3,(H,28,31). The fourth-order valence-corrected chi connectivity index (χ4v) is 3.65. The lowest BCUT2D eigenvalue weighted by Crippen LogP contribution is -2.34. The number of nitrogens with one attached hydrogen (secondary N) is 1. The third kappa shape index (κ3) is 4.94. The van der Waals surface area contributed by atoms with Crippen molar-refractivity contribution in [3.63, 3.8) is 0 Å². The topological polar surface area (TPSA) is 81.8 Å². The van der Waals surface area contributed by atoms with Crippen LogP contribution >= 0.6 is 0 Å². The van der Waals surface area contributed by atoms with E-state index in [9.17, 15) is 9.59 Å². The van der Waals surface area contributed by atoms with Crippen molar-refractivity contribution in [3.05, 3.63) is 88.6 Å². The van der Waals surface area contributed by atoms with E-state index in [1.54, 1.807) is 4.68 Å². The molecule has 1 atom stereocenters. The number of amides is 1. The molecule has 0 aliphatic carbocycles. The zero-order valence-electron chi connectivity index (χ0n) is 18.4. The van der Waals surface area contributed by atoms with Crippen LogP contribution in [0.25, 0.3) is 16.7 Å². The lowest BCUT2D eigenvalue weighted by atomic mass is 10.1. The largest absolute Gasteiger partial charge is 0.354 e. The van der Waals surface area contributed by atoms with E-state index in [0.29, 0.717) is 11.0 Å². The molecule has 0 fully saturated rings. The predicted octanol–water partition coefficient (Wildman–Crippen LogP) is 3.42. The molecule has 1 N–H and O–H groups in total. The van der Waals surface area contributed by atoms with Crippen molar-refractivity contribution in [1.82, 2.24) is 24.6 Å². The summed E-state index contributed by atoms with van der Waals surface area (Å²) in [6.45, 7) is 4.29. The highest BCUT2D eigenvalue weighted by molar-refractivity contribution is 5.76. The van der Waals surface area contributed by atoms with Crippen molar-refractivity contribution in [2.24, 2.45) is 0 Å². The fourth-order valence-electron chi connectivity index (χ4n) is 3.65. The van der Waals surface area contributed by atoms with Crippen LogP contribution in [0, 0.1) is 6.92 Å². The summed E-state index contributed by atoms with van der Waals surface area (Å²) in [5.41, 5.74) is 3.56. The molecule has 4 aromatic rings. The highest BCUT2D eigenvalue weighted by atomic mass is 16.2. The van der Waals surface area contributed by atoms with Crippen LogP contribution in [0.1, 0.15) is 30.9 Å². The Bertz CT molecular complexity index is 1260. The van der Waals surface area contributed by atoms with Crippen molar-refractivity contribution in [2.75, 3.05) is 0 Å². The predicted molar refractivity (Wildman–Crippen MR) is 125 cm³/mol. The van der Waals surface area contributed by atoms with Gasteiger partial charge in [-0.25, -0.2) is 9.67 Å². The van der Waals surface area contributed by atoms with Crippen molar-refractivity contribution < 1.29 is 4.79 Å². The molecule has 0 aliphatic heterocycles. The number of carbonyl (C=O) groups excluding carboxylic acids is 1. The molecule has 2 aromatic carbocycles. The van der Waals surface area contributed by atoms with Crippen molar-refractivity contribution in [3.8, 4) is 5.69 Å². The van der Waals surface area contributed by atoms with Crippen LogP contribution in [-0.2, 0) is 17.8 Å². The van der Waals surface area contributed by atoms with E-state index in [0.717, 1.165) is 24.1 Å². The number of hydrogen-bond acceptors (Lipinski definition) is 4. The average Bonchev–Trinajstić information content (AvgIpc) is 3.23. The smallest absolute Gasteiger partial charge is 0.264 e. The first-order valence-corrected chi connectivity index (χ1v) is 10.8. The van der Waals surface area contributed by atoms with Crippen LogP contribution in [0.3, 0.4) is 0 Å². The molecule has 0 aliphatic rings. The minimum Gasteiger partial charge on any atom is -0.354 e. The Balaban J connectivity index is 1.37. The number of rotatable bonds is 8. The average molecular weight is 430 g/mol. The molecule has 0 spiro atoms. The van der Waals surface area contributed by atoms with Gasteiger partial charge in [0.1, 0.15) is 5.39 Å². The molecule has 164 valence electrons. The SMILES string of the molecule is Cc1ccc(-n2ncc3c(=O)n(CCC(=O)NC(C)CCc4ccccc4)cnc32)cc1. The van der Waals surface area contributed by atoms with Gasteiger partial charge >= 0.3 is 0 Å². The first kappa shape index (κ1) is 21.5. The Labute approximate surface area is 186 Å². The molecule has 1 amide bonds. The zero-order chi connectivity index (χ0) is 22.5. The fraction of sp³-hybridized carbons (Fsp3) is 0.280. The third-order valence-electron chi connectivity index (χ3n) is 5.53. The van der Waals surface area contributed by atoms with Crippen LogP contribution in [0.5, 0.6) is 0 Å². The summed E-state index contributed by atoms with van der Waals surface area (Å²) in [6.07, 6.45) is 5.01. The molecular weight excluding hydrogens is 402 g/mol. The van der Waals surface area contributed by atoms with Crippen LogP contribution in [0.15, 0.2) is 71.9 Å². The van der Waals surface area contributed by atoms with Crippen LogP contribution in [0.4, 0.5) is 0 Å². The number of fused-ring (bicyclic) bond motifs is 1. The quantitative estimate of drug-likeness (QED) is 0.465. The van der Waals surface area contributed by atoms with E-state index >= 15 is 0 Å². The minimum absolute atomic E-state index is 0.0628. The second kappa shape index (κ2) is 9.60. The molecular formula is C25H27N5O2.